The van der Waals surface area contributed by atoms with Gasteiger partial charge in [-0.2, -0.15) is 10.2 Å². The minimum Gasteiger partial charge on any atom is -0.294 e. The zero-order valence-electron chi connectivity index (χ0n) is 10.9. The number of aromatic nitrogens is 2. The maximum Gasteiger partial charge on any atom is 0.165 e. The van der Waals surface area contributed by atoms with Gasteiger partial charge in [-0.3, -0.25) is 4.79 Å². The smallest absolute Gasteiger partial charge is 0.165 e. The summed E-state index contributed by atoms with van der Waals surface area (Å²) >= 11 is 5.92. The summed E-state index contributed by atoms with van der Waals surface area (Å²) in [5.74, 6) is -0.580. The predicted octanol–water partition coefficient (Wildman–Crippen LogP) is 3.49. The molecule has 0 fully saturated rings. The van der Waals surface area contributed by atoms with Gasteiger partial charge in [0, 0.05) is 17.0 Å². The molecule has 0 radical (unpaired) electrons. The molecule has 1 aromatic heterocycles. The molecule has 1 aliphatic rings. The van der Waals surface area contributed by atoms with Crippen LogP contribution in [0.25, 0.3) is 0 Å². The van der Waals surface area contributed by atoms with Gasteiger partial charge in [0.25, 0.3) is 0 Å². The van der Waals surface area contributed by atoms with Crippen LogP contribution in [0, 0.1) is 12.7 Å². The Hall–Kier alpha value is -1.81. The van der Waals surface area contributed by atoms with Gasteiger partial charge in [0.15, 0.2) is 5.78 Å². The number of aryl methyl sites for hydroxylation is 1. The molecule has 3 nitrogen and oxygen atoms in total. The van der Waals surface area contributed by atoms with Crippen molar-refractivity contribution in [1.29, 1.82) is 0 Å². The largest absolute Gasteiger partial charge is 0.294 e. The molecule has 0 saturated carbocycles. The first-order chi connectivity index (χ1) is 9.56. The normalized spacial score (nSPS) is 17.9. The number of carbonyl (C=O) groups excluding carboxylic acids is 1. The van der Waals surface area contributed by atoms with Crippen LogP contribution in [-0.2, 0) is 6.42 Å². The lowest BCUT2D eigenvalue weighted by Crippen LogP contribution is -2.22. The molecule has 1 aliphatic carbocycles. The summed E-state index contributed by atoms with van der Waals surface area (Å²) in [6.45, 7) is 1.84. The van der Waals surface area contributed by atoms with Gasteiger partial charge < -0.3 is 0 Å². The van der Waals surface area contributed by atoms with Crippen LogP contribution in [0.4, 0.5) is 4.39 Å². The van der Waals surface area contributed by atoms with E-state index in [1.165, 1.54) is 12.1 Å². The topological polar surface area (TPSA) is 42.9 Å². The molecule has 0 bridgehead atoms. The Balaban J connectivity index is 2.04. The third kappa shape index (κ3) is 2.20. The fraction of sp³-hybridized carbons (Fsp3) is 0.267. The first kappa shape index (κ1) is 13.2. The van der Waals surface area contributed by atoms with Crippen molar-refractivity contribution in [2.45, 2.75) is 25.7 Å². The van der Waals surface area contributed by atoms with Crippen LogP contribution in [-0.4, -0.2) is 16.0 Å². The van der Waals surface area contributed by atoms with Crippen LogP contribution < -0.4 is 0 Å². The molecule has 0 N–H and O–H groups in total. The van der Waals surface area contributed by atoms with Gasteiger partial charge in [-0.25, -0.2) is 4.39 Å². The number of hydrogen-bond donors (Lipinski definition) is 0. The van der Waals surface area contributed by atoms with Gasteiger partial charge in [-0.15, -0.1) is 0 Å². The zero-order valence-corrected chi connectivity index (χ0v) is 11.6. The quantitative estimate of drug-likeness (QED) is 0.807. The van der Waals surface area contributed by atoms with Crippen molar-refractivity contribution >= 4 is 17.4 Å². The number of benzene rings is 1. The lowest BCUT2D eigenvalue weighted by atomic mass is 9.80. The Bertz CT molecular complexity index is 702. The van der Waals surface area contributed by atoms with E-state index in [1.807, 2.05) is 6.92 Å². The number of ketones is 1. The van der Waals surface area contributed by atoms with E-state index in [1.54, 1.807) is 12.3 Å². The number of halogens is 2. The van der Waals surface area contributed by atoms with Crippen LogP contribution in [0.5, 0.6) is 0 Å². The van der Waals surface area contributed by atoms with E-state index in [0.29, 0.717) is 28.3 Å². The van der Waals surface area contributed by atoms with E-state index in [-0.39, 0.29) is 23.9 Å². The van der Waals surface area contributed by atoms with Gasteiger partial charge in [0.05, 0.1) is 11.9 Å². The summed E-state index contributed by atoms with van der Waals surface area (Å²) in [5, 5.41) is 8.38. The van der Waals surface area contributed by atoms with E-state index in [2.05, 4.69) is 10.2 Å². The van der Waals surface area contributed by atoms with Gasteiger partial charge in [-0.1, -0.05) is 11.6 Å². The van der Waals surface area contributed by atoms with Gasteiger partial charge in [0.1, 0.15) is 5.82 Å². The minimum atomic E-state index is -0.337. The number of fused-ring (bicyclic) bond motifs is 1. The Labute approximate surface area is 120 Å². The highest BCUT2D eigenvalue weighted by atomic mass is 35.5. The summed E-state index contributed by atoms with van der Waals surface area (Å²) in [6, 6.07) is 4.42. The van der Waals surface area contributed by atoms with Crippen LogP contribution in [0.15, 0.2) is 24.4 Å². The highest BCUT2D eigenvalue weighted by molar-refractivity contribution is 6.30. The highest BCUT2D eigenvalue weighted by Crippen LogP contribution is 2.34. The van der Waals surface area contributed by atoms with Crippen molar-refractivity contribution in [2.75, 3.05) is 0 Å². The molecule has 102 valence electrons. The summed E-state index contributed by atoms with van der Waals surface area (Å²) in [7, 11) is 0. The summed E-state index contributed by atoms with van der Waals surface area (Å²) in [4.78, 5) is 12.3. The Kier molecular flexibility index (Phi) is 3.26. The molecule has 5 heteroatoms. The van der Waals surface area contributed by atoms with E-state index in [4.69, 9.17) is 11.6 Å². The van der Waals surface area contributed by atoms with Gasteiger partial charge >= 0.3 is 0 Å². The number of carbonyl (C=O) groups is 1. The Morgan fingerprint density at radius 2 is 2.15 bits per heavy atom. The van der Waals surface area contributed by atoms with E-state index >= 15 is 0 Å². The van der Waals surface area contributed by atoms with Crippen molar-refractivity contribution < 1.29 is 9.18 Å². The molecule has 1 atom stereocenters. The zero-order chi connectivity index (χ0) is 14.3. The fourth-order valence-electron chi connectivity index (χ4n) is 2.73. The minimum absolute atomic E-state index is 0.0111. The molecule has 0 amide bonds. The molecule has 1 aromatic carbocycles. The summed E-state index contributed by atoms with van der Waals surface area (Å²) < 4.78 is 13.9. The second-order valence-corrected chi connectivity index (χ2v) is 5.48. The number of rotatable bonds is 1. The van der Waals surface area contributed by atoms with Crippen molar-refractivity contribution in [3.05, 3.63) is 57.6 Å². The molecule has 0 spiro atoms. The standard InChI is InChI=1S/C15H12ClFN2O/c1-8-7-18-19-13-4-9(5-14(20)15(8)13)11-6-10(16)2-3-12(11)17/h2-3,6-7,9H,4-5H2,1H3. The molecule has 1 unspecified atom stereocenters. The van der Waals surface area contributed by atoms with E-state index < -0.39 is 0 Å². The lowest BCUT2D eigenvalue weighted by Gasteiger charge is -2.24. The van der Waals surface area contributed by atoms with Crippen LogP contribution in [0.1, 0.15) is 39.5 Å². The predicted molar refractivity (Wildman–Crippen MR) is 73.6 cm³/mol. The first-order valence-corrected chi connectivity index (χ1v) is 6.73. The average molecular weight is 291 g/mol. The number of hydrogen-bond acceptors (Lipinski definition) is 3. The molecular formula is C15H12ClFN2O. The van der Waals surface area contributed by atoms with Crippen molar-refractivity contribution in [3.8, 4) is 0 Å². The molecule has 1 heterocycles. The molecule has 2 aromatic rings. The maximum absolute atomic E-state index is 13.9. The molecule has 3 rings (SSSR count). The van der Waals surface area contributed by atoms with Crippen LogP contribution in [0.3, 0.4) is 0 Å². The Morgan fingerprint density at radius 1 is 1.35 bits per heavy atom. The Morgan fingerprint density at radius 3 is 2.95 bits per heavy atom. The summed E-state index contributed by atoms with van der Waals surface area (Å²) in [5.41, 5.74) is 2.58. The van der Waals surface area contributed by atoms with Gasteiger partial charge in [-0.05, 0) is 48.6 Å². The number of nitrogens with zero attached hydrogens (tertiary/aromatic N) is 2. The van der Waals surface area contributed by atoms with Crippen LogP contribution in [0.2, 0.25) is 5.02 Å². The fourth-order valence-corrected chi connectivity index (χ4v) is 2.91. The van der Waals surface area contributed by atoms with Crippen LogP contribution >= 0.6 is 11.6 Å². The molecule has 0 saturated heterocycles. The van der Waals surface area contributed by atoms with E-state index in [9.17, 15) is 9.18 Å². The highest BCUT2D eigenvalue weighted by Gasteiger charge is 2.30. The second-order valence-electron chi connectivity index (χ2n) is 5.04. The number of Topliss-reactive ketones (excluding diaryl/α,β-unsaturated/α-hetero) is 1. The van der Waals surface area contributed by atoms with Crippen molar-refractivity contribution in [3.63, 3.8) is 0 Å². The van der Waals surface area contributed by atoms with Gasteiger partial charge in [0.2, 0.25) is 0 Å². The molecule has 20 heavy (non-hydrogen) atoms. The molecular weight excluding hydrogens is 279 g/mol. The second kappa shape index (κ2) is 4.94. The SMILES string of the molecule is Cc1cnnc2c1C(=O)CC(c1cc(Cl)ccc1F)C2. The maximum atomic E-state index is 13.9. The first-order valence-electron chi connectivity index (χ1n) is 6.35. The monoisotopic (exact) mass is 290 g/mol. The van der Waals surface area contributed by atoms with E-state index in [0.717, 1.165) is 5.56 Å². The average Bonchev–Trinajstić information content (AvgIpc) is 2.41. The molecule has 0 aliphatic heterocycles. The lowest BCUT2D eigenvalue weighted by molar-refractivity contribution is 0.0961. The summed E-state index contributed by atoms with van der Waals surface area (Å²) in [6.07, 6.45) is 2.36. The third-order valence-electron chi connectivity index (χ3n) is 3.66. The third-order valence-corrected chi connectivity index (χ3v) is 3.90. The van der Waals surface area contributed by atoms with Crippen molar-refractivity contribution in [1.82, 2.24) is 10.2 Å². The van der Waals surface area contributed by atoms with Crippen molar-refractivity contribution in [2.24, 2.45) is 0 Å².